The van der Waals surface area contributed by atoms with Crippen LogP contribution in [0.3, 0.4) is 0 Å². The highest BCUT2D eigenvalue weighted by atomic mass is 35.5. The van der Waals surface area contributed by atoms with Crippen molar-refractivity contribution >= 4 is 22.9 Å². The minimum atomic E-state index is -0.350. The van der Waals surface area contributed by atoms with Crippen LogP contribution in [0, 0.1) is 0 Å². The standard InChI is InChI=1S/C10H17ClN2OS/c1-4-14-10(2,3)9(13-12)7-5-6-8(11)15-7/h5-6,9,13H,4,12H2,1-3H3. The Morgan fingerprint density at radius 3 is 2.67 bits per heavy atom. The van der Waals surface area contributed by atoms with E-state index in [0.29, 0.717) is 6.61 Å². The largest absolute Gasteiger partial charge is 0.374 e. The number of halogens is 1. The fourth-order valence-corrected chi connectivity index (χ4v) is 2.86. The topological polar surface area (TPSA) is 47.3 Å². The van der Waals surface area contributed by atoms with Crippen LogP contribution in [0.1, 0.15) is 31.7 Å². The van der Waals surface area contributed by atoms with E-state index in [1.165, 1.54) is 11.3 Å². The second kappa shape index (κ2) is 5.27. The van der Waals surface area contributed by atoms with Gasteiger partial charge < -0.3 is 4.74 Å². The third kappa shape index (κ3) is 3.16. The van der Waals surface area contributed by atoms with E-state index in [2.05, 4.69) is 5.43 Å². The van der Waals surface area contributed by atoms with Gasteiger partial charge in [0.25, 0.3) is 0 Å². The van der Waals surface area contributed by atoms with Gasteiger partial charge in [-0.1, -0.05) is 11.6 Å². The molecule has 1 rings (SSSR count). The molecule has 5 heteroatoms. The highest BCUT2D eigenvalue weighted by Gasteiger charge is 2.31. The van der Waals surface area contributed by atoms with Gasteiger partial charge in [-0.3, -0.25) is 5.84 Å². The second-order valence-corrected chi connectivity index (χ2v) is 5.52. The normalized spacial score (nSPS) is 14.2. The molecule has 0 fully saturated rings. The van der Waals surface area contributed by atoms with Gasteiger partial charge in [0.1, 0.15) is 0 Å². The van der Waals surface area contributed by atoms with Crippen molar-refractivity contribution in [1.29, 1.82) is 0 Å². The molecule has 0 aliphatic rings. The Morgan fingerprint density at radius 2 is 2.27 bits per heavy atom. The molecule has 0 spiro atoms. The van der Waals surface area contributed by atoms with Crippen molar-refractivity contribution in [1.82, 2.24) is 5.43 Å². The number of thiophene rings is 1. The lowest BCUT2D eigenvalue weighted by Crippen LogP contribution is -2.44. The lowest BCUT2D eigenvalue weighted by atomic mass is 9.98. The van der Waals surface area contributed by atoms with Crippen LogP contribution < -0.4 is 11.3 Å². The first-order valence-electron chi connectivity index (χ1n) is 4.86. The number of nitrogens with one attached hydrogen (secondary N) is 1. The summed E-state index contributed by atoms with van der Waals surface area (Å²) in [7, 11) is 0. The van der Waals surface area contributed by atoms with Gasteiger partial charge in [-0.15, -0.1) is 11.3 Å². The van der Waals surface area contributed by atoms with E-state index in [0.717, 1.165) is 9.21 Å². The summed E-state index contributed by atoms with van der Waals surface area (Å²) in [5.74, 6) is 5.56. The van der Waals surface area contributed by atoms with Gasteiger partial charge in [0.05, 0.1) is 16.0 Å². The minimum absolute atomic E-state index is 0.0463. The Kier molecular flexibility index (Phi) is 4.55. The first-order valence-corrected chi connectivity index (χ1v) is 6.06. The van der Waals surface area contributed by atoms with Gasteiger partial charge in [0, 0.05) is 11.5 Å². The molecule has 0 aliphatic carbocycles. The molecule has 0 aromatic carbocycles. The highest BCUT2D eigenvalue weighted by Crippen LogP contribution is 2.34. The Hall–Kier alpha value is -0.130. The molecule has 1 atom stereocenters. The fourth-order valence-electron chi connectivity index (χ4n) is 1.56. The zero-order chi connectivity index (χ0) is 11.5. The first-order chi connectivity index (χ1) is 7.01. The van der Waals surface area contributed by atoms with Crippen molar-refractivity contribution in [2.45, 2.75) is 32.4 Å². The highest BCUT2D eigenvalue weighted by molar-refractivity contribution is 7.16. The number of hydrogen-bond acceptors (Lipinski definition) is 4. The van der Waals surface area contributed by atoms with Gasteiger partial charge in [-0.25, -0.2) is 5.43 Å². The van der Waals surface area contributed by atoms with Crippen LogP contribution in [0.5, 0.6) is 0 Å². The average Bonchev–Trinajstić information content (AvgIpc) is 2.52. The summed E-state index contributed by atoms with van der Waals surface area (Å²) >= 11 is 7.41. The third-order valence-corrected chi connectivity index (χ3v) is 3.55. The third-order valence-electron chi connectivity index (χ3n) is 2.26. The molecule has 1 aromatic heterocycles. The molecule has 1 heterocycles. The molecule has 0 saturated heterocycles. The van der Waals surface area contributed by atoms with Gasteiger partial charge in [0.15, 0.2) is 0 Å². The maximum atomic E-state index is 5.90. The molecular formula is C10H17ClN2OS. The molecule has 15 heavy (non-hydrogen) atoms. The summed E-state index contributed by atoms with van der Waals surface area (Å²) in [6.07, 6.45) is 0. The number of hydrazine groups is 1. The van der Waals surface area contributed by atoms with E-state index < -0.39 is 0 Å². The predicted molar refractivity (Wildman–Crippen MR) is 65.1 cm³/mol. The second-order valence-electron chi connectivity index (χ2n) is 3.78. The van der Waals surface area contributed by atoms with Gasteiger partial charge in [-0.05, 0) is 32.9 Å². The van der Waals surface area contributed by atoms with E-state index in [1.807, 2.05) is 32.9 Å². The van der Waals surface area contributed by atoms with Crippen molar-refractivity contribution in [3.8, 4) is 0 Å². The lowest BCUT2D eigenvalue weighted by Gasteiger charge is -2.32. The molecule has 0 aliphatic heterocycles. The molecule has 0 saturated carbocycles. The van der Waals surface area contributed by atoms with Crippen LogP contribution in [-0.2, 0) is 4.74 Å². The molecule has 0 radical (unpaired) electrons. The molecule has 3 N–H and O–H groups in total. The number of hydrogen-bond donors (Lipinski definition) is 2. The maximum absolute atomic E-state index is 5.90. The number of rotatable bonds is 5. The van der Waals surface area contributed by atoms with Crippen molar-refractivity contribution < 1.29 is 4.74 Å². The predicted octanol–water partition coefficient (Wildman–Crippen LogP) is 2.72. The molecule has 86 valence electrons. The Labute approximate surface area is 99.5 Å². The molecule has 1 aromatic rings. The zero-order valence-electron chi connectivity index (χ0n) is 9.21. The van der Waals surface area contributed by atoms with Crippen LogP contribution >= 0.6 is 22.9 Å². The quantitative estimate of drug-likeness (QED) is 0.622. The summed E-state index contributed by atoms with van der Waals surface area (Å²) in [4.78, 5) is 1.08. The summed E-state index contributed by atoms with van der Waals surface area (Å²) < 4.78 is 6.43. The van der Waals surface area contributed by atoms with E-state index in [1.54, 1.807) is 0 Å². The number of nitrogens with two attached hydrogens (primary N) is 1. The molecule has 0 amide bonds. The van der Waals surface area contributed by atoms with Crippen molar-refractivity contribution in [2.24, 2.45) is 5.84 Å². The molecule has 3 nitrogen and oxygen atoms in total. The van der Waals surface area contributed by atoms with E-state index in [-0.39, 0.29) is 11.6 Å². The zero-order valence-corrected chi connectivity index (χ0v) is 10.8. The van der Waals surface area contributed by atoms with Crippen molar-refractivity contribution in [3.63, 3.8) is 0 Å². The SMILES string of the molecule is CCOC(C)(C)C(NN)c1ccc(Cl)s1. The summed E-state index contributed by atoms with van der Waals surface area (Å²) in [5, 5.41) is 0. The Balaban J connectivity index is 2.88. The van der Waals surface area contributed by atoms with Crippen molar-refractivity contribution in [2.75, 3.05) is 6.61 Å². The molecule has 1 unspecified atom stereocenters. The monoisotopic (exact) mass is 248 g/mol. The van der Waals surface area contributed by atoms with Gasteiger partial charge >= 0.3 is 0 Å². The van der Waals surface area contributed by atoms with Crippen LogP contribution in [0.2, 0.25) is 4.34 Å². The Morgan fingerprint density at radius 1 is 1.60 bits per heavy atom. The van der Waals surface area contributed by atoms with E-state index >= 15 is 0 Å². The molecule has 0 bridgehead atoms. The van der Waals surface area contributed by atoms with Crippen LogP contribution in [0.25, 0.3) is 0 Å². The van der Waals surface area contributed by atoms with Gasteiger partial charge in [-0.2, -0.15) is 0 Å². The lowest BCUT2D eigenvalue weighted by molar-refractivity contribution is -0.0384. The van der Waals surface area contributed by atoms with Gasteiger partial charge in [0.2, 0.25) is 0 Å². The minimum Gasteiger partial charge on any atom is -0.374 e. The fraction of sp³-hybridized carbons (Fsp3) is 0.600. The smallest absolute Gasteiger partial charge is 0.0931 e. The average molecular weight is 249 g/mol. The molecular weight excluding hydrogens is 232 g/mol. The van der Waals surface area contributed by atoms with Crippen LogP contribution in [0.4, 0.5) is 0 Å². The first kappa shape index (κ1) is 12.9. The van der Waals surface area contributed by atoms with E-state index in [4.69, 9.17) is 22.2 Å². The van der Waals surface area contributed by atoms with Crippen molar-refractivity contribution in [3.05, 3.63) is 21.3 Å². The maximum Gasteiger partial charge on any atom is 0.0931 e. The number of ether oxygens (including phenoxy) is 1. The van der Waals surface area contributed by atoms with E-state index in [9.17, 15) is 0 Å². The van der Waals surface area contributed by atoms with Crippen LogP contribution in [0.15, 0.2) is 12.1 Å². The summed E-state index contributed by atoms with van der Waals surface area (Å²) in [5.41, 5.74) is 2.43. The van der Waals surface area contributed by atoms with Crippen LogP contribution in [-0.4, -0.2) is 12.2 Å². The summed E-state index contributed by atoms with van der Waals surface area (Å²) in [6, 6.07) is 3.79. The Bertz CT molecular complexity index is 314. The summed E-state index contributed by atoms with van der Waals surface area (Å²) in [6.45, 7) is 6.64.